The Balaban J connectivity index is 1.03. The van der Waals surface area contributed by atoms with Gasteiger partial charge in [0.1, 0.15) is 0 Å². The lowest BCUT2D eigenvalue weighted by atomic mass is 9.64. The molecule has 5 fully saturated rings. The Kier molecular flexibility index (Phi) is 5.68. The predicted molar refractivity (Wildman–Crippen MR) is 185 cm³/mol. The molecule has 8 atom stereocenters. The normalized spacial score (nSPS) is 34.5. The zero-order valence-corrected chi connectivity index (χ0v) is 26.7. The van der Waals surface area contributed by atoms with E-state index >= 15 is 0 Å². The smallest absolute Gasteiger partial charge is 0.0754 e. The quantitative estimate of drug-likeness (QED) is 0.190. The summed E-state index contributed by atoms with van der Waals surface area (Å²) in [5.41, 5.74) is 10.9. The molecule has 0 aromatic heterocycles. The molecule has 4 aromatic carbocycles. The summed E-state index contributed by atoms with van der Waals surface area (Å²) in [5, 5.41) is 0. The van der Waals surface area contributed by atoms with Crippen LogP contribution in [-0.2, 0) is 10.2 Å². The third kappa shape index (κ3) is 3.31. The van der Waals surface area contributed by atoms with Crippen LogP contribution in [0.2, 0.25) is 0 Å². The van der Waals surface area contributed by atoms with Crippen LogP contribution in [0.5, 0.6) is 0 Å². The first-order valence-electron chi connectivity index (χ1n) is 18.4. The van der Waals surface area contributed by atoms with Crippen LogP contribution in [0, 0.1) is 11.8 Å². The maximum absolute atomic E-state index is 7.30. The average molecular weight is 605 g/mol. The summed E-state index contributed by atoms with van der Waals surface area (Å²) >= 11 is 0. The summed E-state index contributed by atoms with van der Waals surface area (Å²) < 4.78 is 7.30. The fraction of sp³-hybridized carbons (Fsp3) is 0.442. The molecule has 0 N–H and O–H groups in total. The number of para-hydroxylation sites is 2. The van der Waals surface area contributed by atoms with Crippen LogP contribution in [0.4, 0.5) is 11.4 Å². The molecule has 4 aliphatic carbocycles. The second-order valence-corrected chi connectivity index (χ2v) is 15.5. The molecule has 3 heterocycles. The molecule has 11 rings (SSSR count). The highest BCUT2D eigenvalue weighted by atomic mass is 16.5. The minimum Gasteiger partial charge on any atom is -0.372 e. The third-order valence-electron chi connectivity index (χ3n) is 13.8. The third-order valence-corrected chi connectivity index (χ3v) is 13.8. The molecule has 3 saturated carbocycles. The van der Waals surface area contributed by atoms with Crippen molar-refractivity contribution in [2.75, 3.05) is 4.90 Å². The molecule has 0 amide bonds. The van der Waals surface area contributed by atoms with Crippen LogP contribution < -0.4 is 4.90 Å². The van der Waals surface area contributed by atoms with E-state index in [1.54, 1.807) is 0 Å². The van der Waals surface area contributed by atoms with Crippen molar-refractivity contribution >= 4 is 11.4 Å². The van der Waals surface area contributed by atoms with E-state index in [1.165, 1.54) is 103 Å². The van der Waals surface area contributed by atoms with E-state index in [0.717, 1.165) is 24.3 Å². The number of fused-ring (bicyclic) bond motifs is 14. The van der Waals surface area contributed by atoms with Crippen LogP contribution in [-0.4, -0.2) is 41.3 Å². The second kappa shape index (κ2) is 9.81. The fourth-order valence-electron chi connectivity index (χ4n) is 12.4. The highest BCUT2D eigenvalue weighted by molar-refractivity contribution is 5.93. The highest BCUT2D eigenvalue weighted by Crippen LogP contribution is 2.63. The first-order valence-corrected chi connectivity index (χ1v) is 18.4. The maximum Gasteiger partial charge on any atom is 0.0754 e. The van der Waals surface area contributed by atoms with Crippen LogP contribution in [0.15, 0.2) is 97.1 Å². The Morgan fingerprint density at radius 2 is 1.13 bits per heavy atom. The van der Waals surface area contributed by atoms with Gasteiger partial charge in [-0.1, -0.05) is 104 Å². The summed E-state index contributed by atoms with van der Waals surface area (Å²) in [7, 11) is 0. The summed E-state index contributed by atoms with van der Waals surface area (Å²) in [4.78, 5) is 5.88. The Morgan fingerprint density at radius 3 is 1.85 bits per heavy atom. The van der Waals surface area contributed by atoms with E-state index < -0.39 is 0 Å². The summed E-state index contributed by atoms with van der Waals surface area (Å²) in [6.07, 6.45) is 14.2. The SMILES string of the molecule is c1ccc2c(c1)-c1ccccc1C21c2ccccc2N(C2CCC3C(C2)OC2CCCC4C5CCCCC5N3C24)c2ccccc21. The average Bonchev–Trinajstić information content (AvgIpc) is 3.61. The second-order valence-electron chi connectivity index (χ2n) is 15.5. The lowest BCUT2D eigenvalue weighted by Gasteiger charge is -2.56. The minimum atomic E-state index is -0.314. The molecule has 3 heteroatoms. The summed E-state index contributed by atoms with van der Waals surface area (Å²) in [6, 6.07) is 39.6. The number of nitrogens with zero attached hydrogens (tertiary/aromatic N) is 2. The number of benzene rings is 4. The number of morpholine rings is 1. The molecule has 232 valence electrons. The molecule has 7 aliphatic rings. The Bertz CT molecular complexity index is 1750. The van der Waals surface area contributed by atoms with E-state index in [4.69, 9.17) is 4.74 Å². The largest absolute Gasteiger partial charge is 0.372 e. The first kappa shape index (κ1) is 26.6. The Labute approximate surface area is 273 Å². The minimum absolute atomic E-state index is 0.314. The van der Waals surface area contributed by atoms with Gasteiger partial charge in [-0.05, 0) is 102 Å². The van der Waals surface area contributed by atoms with Gasteiger partial charge in [-0.25, -0.2) is 0 Å². The van der Waals surface area contributed by atoms with Crippen molar-refractivity contribution in [3.63, 3.8) is 0 Å². The van der Waals surface area contributed by atoms with Crippen LogP contribution in [0.1, 0.15) is 86.5 Å². The fourth-order valence-corrected chi connectivity index (χ4v) is 12.4. The van der Waals surface area contributed by atoms with E-state index in [1.807, 2.05) is 0 Å². The predicted octanol–water partition coefficient (Wildman–Crippen LogP) is 9.23. The molecule has 46 heavy (non-hydrogen) atoms. The van der Waals surface area contributed by atoms with Gasteiger partial charge >= 0.3 is 0 Å². The van der Waals surface area contributed by atoms with Gasteiger partial charge in [-0.2, -0.15) is 0 Å². The van der Waals surface area contributed by atoms with Crippen LogP contribution >= 0.6 is 0 Å². The molecule has 2 saturated heterocycles. The molecule has 0 radical (unpaired) electrons. The Morgan fingerprint density at radius 1 is 0.522 bits per heavy atom. The van der Waals surface area contributed by atoms with E-state index in [2.05, 4.69) is 107 Å². The van der Waals surface area contributed by atoms with E-state index in [-0.39, 0.29) is 5.41 Å². The molecule has 3 aliphatic heterocycles. The standard InChI is InChI=1S/C43H44N2O/c1-4-16-32-28(12-1)29-13-2-5-17-33(29)43(32)34-18-6-9-21-37(34)44(38-22-10-7-19-35(38)43)27-24-25-39-41(26-27)46-40-23-11-15-31-30-14-3-8-20-36(30)45(39)42(31)40/h1-2,4-7,9-10,12-13,16-19,21-22,27,30-31,36,39-42H,3,8,11,14-15,20,23-26H2. The van der Waals surface area contributed by atoms with Gasteiger partial charge in [-0.3, -0.25) is 4.90 Å². The monoisotopic (exact) mass is 604 g/mol. The van der Waals surface area contributed by atoms with Crippen molar-refractivity contribution in [2.24, 2.45) is 11.8 Å². The van der Waals surface area contributed by atoms with Crippen molar-refractivity contribution in [1.29, 1.82) is 0 Å². The van der Waals surface area contributed by atoms with Crippen molar-refractivity contribution in [3.8, 4) is 11.1 Å². The van der Waals surface area contributed by atoms with Gasteiger partial charge in [-0.15, -0.1) is 0 Å². The number of anilines is 2. The van der Waals surface area contributed by atoms with Crippen molar-refractivity contribution in [1.82, 2.24) is 4.90 Å². The van der Waals surface area contributed by atoms with Gasteiger partial charge in [0.25, 0.3) is 0 Å². The molecular weight excluding hydrogens is 560 g/mol. The first-order chi connectivity index (χ1) is 22.8. The van der Waals surface area contributed by atoms with Crippen LogP contribution in [0.25, 0.3) is 11.1 Å². The summed E-state index contributed by atoms with van der Waals surface area (Å²) in [6.45, 7) is 0. The van der Waals surface area contributed by atoms with Crippen molar-refractivity contribution < 1.29 is 4.74 Å². The van der Waals surface area contributed by atoms with Gasteiger partial charge in [0.2, 0.25) is 0 Å². The Hall–Kier alpha value is -3.40. The number of ether oxygens (including phenoxy) is 1. The van der Waals surface area contributed by atoms with Crippen LogP contribution in [0.3, 0.4) is 0 Å². The maximum atomic E-state index is 7.30. The van der Waals surface area contributed by atoms with Gasteiger partial charge < -0.3 is 9.64 Å². The van der Waals surface area contributed by atoms with Crippen molar-refractivity contribution in [3.05, 3.63) is 119 Å². The van der Waals surface area contributed by atoms with Crippen molar-refractivity contribution in [2.45, 2.75) is 106 Å². The molecule has 4 aromatic rings. The number of hydrogen-bond acceptors (Lipinski definition) is 3. The van der Waals surface area contributed by atoms with Gasteiger partial charge in [0.05, 0.1) is 17.6 Å². The number of hydrogen-bond donors (Lipinski definition) is 0. The lowest BCUT2D eigenvalue weighted by Crippen LogP contribution is -2.64. The zero-order valence-electron chi connectivity index (χ0n) is 26.7. The number of rotatable bonds is 1. The van der Waals surface area contributed by atoms with Gasteiger partial charge in [0, 0.05) is 35.5 Å². The lowest BCUT2D eigenvalue weighted by molar-refractivity contribution is -0.179. The van der Waals surface area contributed by atoms with E-state index in [0.29, 0.717) is 30.3 Å². The summed E-state index contributed by atoms with van der Waals surface area (Å²) in [5.74, 6) is 1.81. The zero-order chi connectivity index (χ0) is 30.0. The molecular formula is C43H44N2O. The van der Waals surface area contributed by atoms with E-state index in [9.17, 15) is 0 Å². The molecule has 3 nitrogen and oxygen atoms in total. The molecule has 8 unspecified atom stereocenters. The molecule has 1 spiro atoms. The molecule has 0 bridgehead atoms. The highest BCUT2D eigenvalue weighted by Gasteiger charge is 2.60. The topological polar surface area (TPSA) is 15.7 Å². The van der Waals surface area contributed by atoms with Gasteiger partial charge in [0.15, 0.2) is 0 Å².